The molecule has 2 heteroatoms. The summed E-state index contributed by atoms with van der Waals surface area (Å²) >= 11 is 0. The highest BCUT2D eigenvalue weighted by molar-refractivity contribution is 5.87. The van der Waals surface area contributed by atoms with Gasteiger partial charge in [-0.05, 0) is 30.2 Å². The Labute approximate surface area is 125 Å². The number of carbonyl (C=O) groups is 1. The van der Waals surface area contributed by atoms with E-state index in [-0.39, 0.29) is 12.6 Å². The van der Waals surface area contributed by atoms with Crippen molar-refractivity contribution in [3.8, 4) is 0 Å². The fourth-order valence-electron chi connectivity index (χ4n) is 1.77. The van der Waals surface area contributed by atoms with E-state index in [1.165, 1.54) is 11.6 Å². The standard InChI is InChI=1S/C19H18O2/c1-16-9-11-18(12-10-16)13-14-19(20)21-15-5-8-17-6-3-2-4-7-17/h2-14H,15H2,1H3. The highest BCUT2D eigenvalue weighted by atomic mass is 16.5. The monoisotopic (exact) mass is 278 g/mol. The third-order valence-corrected chi connectivity index (χ3v) is 2.92. The molecule has 0 heterocycles. The second kappa shape index (κ2) is 7.85. The van der Waals surface area contributed by atoms with Crippen molar-refractivity contribution in [2.24, 2.45) is 0 Å². The molecule has 2 rings (SSSR count). The zero-order chi connectivity index (χ0) is 14.9. The van der Waals surface area contributed by atoms with Gasteiger partial charge in [0.2, 0.25) is 0 Å². The quantitative estimate of drug-likeness (QED) is 0.603. The van der Waals surface area contributed by atoms with Gasteiger partial charge in [-0.1, -0.05) is 66.2 Å². The second-order valence-corrected chi connectivity index (χ2v) is 4.69. The van der Waals surface area contributed by atoms with E-state index in [4.69, 9.17) is 4.74 Å². The van der Waals surface area contributed by atoms with Crippen molar-refractivity contribution >= 4 is 18.1 Å². The van der Waals surface area contributed by atoms with Crippen LogP contribution < -0.4 is 0 Å². The molecule has 0 aliphatic carbocycles. The molecule has 0 unspecified atom stereocenters. The van der Waals surface area contributed by atoms with Crippen LogP contribution in [0.15, 0.2) is 66.7 Å². The fourth-order valence-corrected chi connectivity index (χ4v) is 1.77. The van der Waals surface area contributed by atoms with Crippen LogP contribution in [0.4, 0.5) is 0 Å². The van der Waals surface area contributed by atoms with Crippen molar-refractivity contribution < 1.29 is 9.53 Å². The molecule has 2 aromatic carbocycles. The van der Waals surface area contributed by atoms with Gasteiger partial charge in [0, 0.05) is 6.08 Å². The van der Waals surface area contributed by atoms with Crippen molar-refractivity contribution in [1.82, 2.24) is 0 Å². The van der Waals surface area contributed by atoms with Gasteiger partial charge < -0.3 is 4.74 Å². The molecule has 106 valence electrons. The zero-order valence-electron chi connectivity index (χ0n) is 12.0. The molecule has 0 aliphatic heterocycles. The number of esters is 1. The molecule has 0 amide bonds. The second-order valence-electron chi connectivity index (χ2n) is 4.69. The Kier molecular flexibility index (Phi) is 5.53. The molecule has 0 saturated heterocycles. The van der Waals surface area contributed by atoms with E-state index in [1.807, 2.05) is 73.7 Å². The molecule has 0 aromatic heterocycles. The lowest BCUT2D eigenvalue weighted by Gasteiger charge is -1.97. The Bertz CT molecular complexity index is 622. The molecule has 0 atom stereocenters. The Morgan fingerprint density at radius 1 is 0.952 bits per heavy atom. The summed E-state index contributed by atoms with van der Waals surface area (Å²) in [5.41, 5.74) is 3.27. The maximum Gasteiger partial charge on any atom is 0.331 e. The van der Waals surface area contributed by atoms with Gasteiger partial charge in [0.05, 0.1) is 0 Å². The molecular weight excluding hydrogens is 260 g/mol. The van der Waals surface area contributed by atoms with Crippen molar-refractivity contribution in [3.05, 3.63) is 83.4 Å². The van der Waals surface area contributed by atoms with Crippen LogP contribution in [-0.4, -0.2) is 12.6 Å². The summed E-state index contributed by atoms with van der Waals surface area (Å²) in [6, 6.07) is 17.8. The lowest BCUT2D eigenvalue weighted by atomic mass is 10.1. The number of hydrogen-bond acceptors (Lipinski definition) is 2. The van der Waals surface area contributed by atoms with Gasteiger partial charge in [0.25, 0.3) is 0 Å². The molecular formula is C19H18O2. The summed E-state index contributed by atoms with van der Waals surface area (Å²) < 4.78 is 5.10. The lowest BCUT2D eigenvalue weighted by molar-refractivity contribution is -0.136. The van der Waals surface area contributed by atoms with E-state index in [1.54, 1.807) is 6.08 Å². The molecule has 21 heavy (non-hydrogen) atoms. The summed E-state index contributed by atoms with van der Waals surface area (Å²) in [5, 5.41) is 0. The van der Waals surface area contributed by atoms with Gasteiger partial charge in [-0.25, -0.2) is 4.79 Å². The van der Waals surface area contributed by atoms with Gasteiger partial charge in [0.1, 0.15) is 6.61 Å². The van der Waals surface area contributed by atoms with Crippen molar-refractivity contribution in [1.29, 1.82) is 0 Å². The normalized spacial score (nSPS) is 11.1. The van der Waals surface area contributed by atoms with Crippen LogP contribution in [0.2, 0.25) is 0 Å². The van der Waals surface area contributed by atoms with Crippen LogP contribution in [0.3, 0.4) is 0 Å². The van der Waals surface area contributed by atoms with E-state index < -0.39 is 0 Å². The van der Waals surface area contributed by atoms with Crippen LogP contribution in [0, 0.1) is 6.92 Å². The number of aryl methyl sites for hydroxylation is 1. The predicted octanol–water partition coefficient (Wildman–Crippen LogP) is 4.26. The SMILES string of the molecule is Cc1ccc(C=CC(=O)OCC=Cc2ccccc2)cc1. The first kappa shape index (κ1) is 14.8. The van der Waals surface area contributed by atoms with E-state index in [9.17, 15) is 4.79 Å². The molecule has 0 spiro atoms. The van der Waals surface area contributed by atoms with E-state index in [2.05, 4.69) is 0 Å². The van der Waals surface area contributed by atoms with Crippen LogP contribution in [-0.2, 0) is 9.53 Å². The molecule has 0 radical (unpaired) electrons. The first-order valence-corrected chi connectivity index (χ1v) is 6.87. The Hall–Kier alpha value is -2.61. The molecule has 0 fully saturated rings. The van der Waals surface area contributed by atoms with Gasteiger partial charge in [-0.15, -0.1) is 0 Å². The van der Waals surface area contributed by atoms with E-state index in [0.717, 1.165) is 11.1 Å². The molecule has 0 aliphatic rings. The Balaban J connectivity index is 1.77. The maximum absolute atomic E-state index is 11.6. The number of carbonyl (C=O) groups excluding carboxylic acids is 1. The first-order valence-electron chi connectivity index (χ1n) is 6.87. The number of ether oxygens (including phenoxy) is 1. The van der Waals surface area contributed by atoms with Gasteiger partial charge in [-0.2, -0.15) is 0 Å². The van der Waals surface area contributed by atoms with Crippen LogP contribution in [0.5, 0.6) is 0 Å². The van der Waals surface area contributed by atoms with Crippen molar-refractivity contribution in [2.45, 2.75) is 6.92 Å². The minimum atomic E-state index is -0.340. The summed E-state index contributed by atoms with van der Waals surface area (Å²) in [6.07, 6.45) is 6.95. The molecule has 0 saturated carbocycles. The topological polar surface area (TPSA) is 26.3 Å². The van der Waals surface area contributed by atoms with Gasteiger partial charge >= 0.3 is 5.97 Å². The minimum absolute atomic E-state index is 0.270. The van der Waals surface area contributed by atoms with Crippen LogP contribution >= 0.6 is 0 Å². The Morgan fingerprint density at radius 2 is 1.62 bits per heavy atom. The molecule has 2 aromatic rings. The average molecular weight is 278 g/mol. The summed E-state index contributed by atoms with van der Waals surface area (Å²) in [4.78, 5) is 11.6. The van der Waals surface area contributed by atoms with Crippen molar-refractivity contribution in [3.63, 3.8) is 0 Å². The third kappa shape index (κ3) is 5.49. The predicted molar refractivity (Wildman–Crippen MR) is 86.6 cm³/mol. The molecule has 2 nitrogen and oxygen atoms in total. The largest absolute Gasteiger partial charge is 0.458 e. The van der Waals surface area contributed by atoms with Gasteiger partial charge in [0.15, 0.2) is 0 Å². The first-order chi connectivity index (χ1) is 10.2. The average Bonchev–Trinajstić information content (AvgIpc) is 2.52. The molecule has 0 N–H and O–H groups in total. The fraction of sp³-hybridized carbons (Fsp3) is 0.105. The van der Waals surface area contributed by atoms with E-state index >= 15 is 0 Å². The number of benzene rings is 2. The van der Waals surface area contributed by atoms with Gasteiger partial charge in [-0.3, -0.25) is 0 Å². The molecule has 0 bridgehead atoms. The van der Waals surface area contributed by atoms with E-state index in [0.29, 0.717) is 0 Å². The van der Waals surface area contributed by atoms with Crippen LogP contribution in [0.25, 0.3) is 12.2 Å². The zero-order valence-corrected chi connectivity index (χ0v) is 12.0. The highest BCUT2D eigenvalue weighted by Gasteiger charge is 1.94. The van der Waals surface area contributed by atoms with Crippen LogP contribution in [0.1, 0.15) is 16.7 Å². The minimum Gasteiger partial charge on any atom is -0.458 e. The summed E-state index contributed by atoms with van der Waals surface area (Å²) in [6.45, 7) is 2.30. The number of hydrogen-bond donors (Lipinski definition) is 0. The smallest absolute Gasteiger partial charge is 0.331 e. The number of rotatable bonds is 5. The lowest BCUT2D eigenvalue weighted by Crippen LogP contribution is -1.99. The Morgan fingerprint density at radius 3 is 2.33 bits per heavy atom. The summed E-state index contributed by atoms with van der Waals surface area (Å²) in [5.74, 6) is -0.340. The van der Waals surface area contributed by atoms with Crippen molar-refractivity contribution in [2.75, 3.05) is 6.61 Å². The highest BCUT2D eigenvalue weighted by Crippen LogP contribution is 2.05. The third-order valence-electron chi connectivity index (χ3n) is 2.92. The summed E-state index contributed by atoms with van der Waals surface area (Å²) in [7, 11) is 0. The maximum atomic E-state index is 11.6.